The van der Waals surface area contributed by atoms with Gasteiger partial charge in [0.2, 0.25) is 0 Å². The van der Waals surface area contributed by atoms with Crippen LogP contribution in [0.4, 0.5) is 0 Å². The average molecular weight is 352 g/mol. The molecule has 7 heteroatoms. The van der Waals surface area contributed by atoms with E-state index in [2.05, 4.69) is 12.0 Å². The van der Waals surface area contributed by atoms with Crippen molar-refractivity contribution in [3.05, 3.63) is 36.0 Å². The Labute approximate surface area is 152 Å². The molecule has 1 amide bonds. The number of nitrogens with two attached hydrogens (primary N) is 1. The third-order valence-corrected chi connectivity index (χ3v) is 5.12. The van der Waals surface area contributed by atoms with Crippen LogP contribution < -0.4 is 5.73 Å². The number of nitrogens with zero attached hydrogens (tertiary/aromatic N) is 5. The molecule has 1 aliphatic rings. The lowest BCUT2D eigenvalue weighted by Gasteiger charge is -2.30. The molecule has 0 saturated carbocycles. The second-order valence-electron chi connectivity index (χ2n) is 6.88. The fourth-order valence-corrected chi connectivity index (χ4v) is 3.71. The van der Waals surface area contributed by atoms with Gasteiger partial charge < -0.3 is 15.2 Å². The standard InChI is InChI=1S/C19H24N6O/c1-3-25-17(8-9-21-25)18-22-15-11-13(6-7-16(15)23(18)2)19(26)24-10-4-5-14(20)12-24/h6-9,11,14H,3-5,10,12,20H2,1-2H3/t14-/m1/s1. The maximum absolute atomic E-state index is 12.8. The van der Waals surface area contributed by atoms with Gasteiger partial charge in [0.05, 0.1) is 11.0 Å². The normalized spacial score (nSPS) is 17.8. The minimum Gasteiger partial charge on any atom is -0.337 e. The van der Waals surface area contributed by atoms with Crippen LogP contribution in [0.25, 0.3) is 22.6 Å². The smallest absolute Gasteiger partial charge is 0.253 e. The minimum atomic E-state index is 0.0350. The van der Waals surface area contributed by atoms with Gasteiger partial charge in [-0.3, -0.25) is 9.48 Å². The van der Waals surface area contributed by atoms with Crippen LogP contribution in [-0.4, -0.2) is 49.3 Å². The fourth-order valence-electron chi connectivity index (χ4n) is 3.71. The molecule has 1 aliphatic heterocycles. The summed E-state index contributed by atoms with van der Waals surface area (Å²) in [5.74, 6) is 0.886. The van der Waals surface area contributed by atoms with E-state index in [4.69, 9.17) is 10.7 Å². The molecule has 0 bridgehead atoms. The molecule has 0 radical (unpaired) electrons. The number of fused-ring (bicyclic) bond motifs is 1. The zero-order valence-electron chi connectivity index (χ0n) is 15.2. The van der Waals surface area contributed by atoms with Crippen LogP contribution in [0.2, 0.25) is 0 Å². The second-order valence-corrected chi connectivity index (χ2v) is 6.88. The predicted octanol–water partition coefficient (Wildman–Crippen LogP) is 2.02. The molecule has 1 atom stereocenters. The number of aryl methyl sites for hydroxylation is 2. The number of carbonyl (C=O) groups excluding carboxylic acids is 1. The Hall–Kier alpha value is -2.67. The number of benzene rings is 1. The van der Waals surface area contributed by atoms with Crippen LogP contribution in [0.3, 0.4) is 0 Å². The molecule has 1 fully saturated rings. The quantitative estimate of drug-likeness (QED) is 0.782. The summed E-state index contributed by atoms with van der Waals surface area (Å²) in [7, 11) is 1.99. The first-order valence-corrected chi connectivity index (χ1v) is 9.12. The summed E-state index contributed by atoms with van der Waals surface area (Å²) in [4.78, 5) is 19.5. The van der Waals surface area contributed by atoms with Gasteiger partial charge in [-0.15, -0.1) is 0 Å². The van der Waals surface area contributed by atoms with E-state index in [1.54, 1.807) is 6.20 Å². The lowest BCUT2D eigenvalue weighted by molar-refractivity contribution is 0.0709. The summed E-state index contributed by atoms with van der Waals surface area (Å²) in [5, 5.41) is 4.33. The number of rotatable bonds is 3. The highest BCUT2D eigenvalue weighted by Crippen LogP contribution is 2.25. The predicted molar refractivity (Wildman–Crippen MR) is 101 cm³/mol. The van der Waals surface area contributed by atoms with Crippen molar-refractivity contribution >= 4 is 16.9 Å². The first kappa shape index (κ1) is 16.8. The summed E-state index contributed by atoms with van der Waals surface area (Å²) < 4.78 is 3.96. The monoisotopic (exact) mass is 352 g/mol. The highest BCUT2D eigenvalue weighted by Gasteiger charge is 2.23. The van der Waals surface area contributed by atoms with E-state index in [0.717, 1.165) is 48.5 Å². The van der Waals surface area contributed by atoms with Crippen LogP contribution >= 0.6 is 0 Å². The maximum Gasteiger partial charge on any atom is 0.253 e. The molecule has 2 aromatic heterocycles. The third kappa shape index (κ3) is 2.78. The molecule has 3 aromatic rings. The van der Waals surface area contributed by atoms with Crippen molar-refractivity contribution < 1.29 is 4.79 Å². The zero-order chi connectivity index (χ0) is 18.3. The van der Waals surface area contributed by atoms with Gasteiger partial charge in [0.15, 0.2) is 5.82 Å². The number of carbonyl (C=O) groups is 1. The molecule has 1 saturated heterocycles. The summed E-state index contributed by atoms with van der Waals surface area (Å²) in [6.07, 6.45) is 3.73. The summed E-state index contributed by atoms with van der Waals surface area (Å²) in [6.45, 7) is 4.23. The number of imidazole rings is 1. The van der Waals surface area contributed by atoms with Gasteiger partial charge in [-0.1, -0.05) is 0 Å². The second kappa shape index (κ2) is 6.57. The molecule has 136 valence electrons. The molecule has 26 heavy (non-hydrogen) atoms. The van der Waals surface area contributed by atoms with Crippen LogP contribution in [0.5, 0.6) is 0 Å². The van der Waals surface area contributed by atoms with E-state index in [9.17, 15) is 4.79 Å². The summed E-state index contributed by atoms with van der Waals surface area (Å²) >= 11 is 0. The van der Waals surface area contributed by atoms with Gasteiger partial charge in [0, 0.05) is 44.5 Å². The Kier molecular flexibility index (Phi) is 4.24. The van der Waals surface area contributed by atoms with Crippen molar-refractivity contribution in [3.63, 3.8) is 0 Å². The van der Waals surface area contributed by atoms with Crippen molar-refractivity contribution in [3.8, 4) is 11.5 Å². The number of amides is 1. The Balaban J connectivity index is 1.71. The van der Waals surface area contributed by atoms with Crippen molar-refractivity contribution in [1.82, 2.24) is 24.2 Å². The van der Waals surface area contributed by atoms with Crippen molar-refractivity contribution in [1.29, 1.82) is 0 Å². The number of hydrogen-bond acceptors (Lipinski definition) is 4. The van der Waals surface area contributed by atoms with Crippen LogP contribution in [0.1, 0.15) is 30.1 Å². The highest BCUT2D eigenvalue weighted by molar-refractivity contribution is 5.98. The largest absolute Gasteiger partial charge is 0.337 e. The molecular weight excluding hydrogens is 328 g/mol. The van der Waals surface area contributed by atoms with Gasteiger partial charge >= 0.3 is 0 Å². The van der Waals surface area contributed by atoms with Crippen LogP contribution in [-0.2, 0) is 13.6 Å². The molecule has 0 aliphatic carbocycles. The molecule has 0 unspecified atom stereocenters. The number of hydrogen-bond donors (Lipinski definition) is 1. The third-order valence-electron chi connectivity index (χ3n) is 5.12. The van der Waals surface area contributed by atoms with Gasteiger partial charge in [-0.05, 0) is 44.0 Å². The first-order chi connectivity index (χ1) is 12.6. The molecule has 0 spiro atoms. The Morgan fingerprint density at radius 2 is 2.19 bits per heavy atom. The molecule has 3 heterocycles. The average Bonchev–Trinajstić information content (AvgIpc) is 3.25. The van der Waals surface area contributed by atoms with E-state index in [1.807, 2.05) is 45.5 Å². The Morgan fingerprint density at radius 1 is 1.35 bits per heavy atom. The fraction of sp³-hybridized carbons (Fsp3) is 0.421. The first-order valence-electron chi connectivity index (χ1n) is 9.12. The Morgan fingerprint density at radius 3 is 2.96 bits per heavy atom. The molecule has 7 nitrogen and oxygen atoms in total. The van der Waals surface area contributed by atoms with E-state index in [-0.39, 0.29) is 11.9 Å². The Bertz CT molecular complexity index is 956. The van der Waals surface area contributed by atoms with E-state index < -0.39 is 0 Å². The van der Waals surface area contributed by atoms with Crippen molar-refractivity contribution in [2.45, 2.75) is 32.4 Å². The summed E-state index contributed by atoms with van der Waals surface area (Å²) in [6, 6.07) is 7.77. The van der Waals surface area contributed by atoms with Gasteiger partial charge in [0.25, 0.3) is 5.91 Å². The van der Waals surface area contributed by atoms with Crippen molar-refractivity contribution in [2.75, 3.05) is 13.1 Å². The van der Waals surface area contributed by atoms with Gasteiger partial charge in [-0.2, -0.15) is 5.10 Å². The van der Waals surface area contributed by atoms with Crippen LogP contribution in [0, 0.1) is 0 Å². The van der Waals surface area contributed by atoms with Gasteiger partial charge in [0.1, 0.15) is 5.69 Å². The number of aromatic nitrogens is 4. The minimum absolute atomic E-state index is 0.0350. The van der Waals surface area contributed by atoms with Crippen molar-refractivity contribution in [2.24, 2.45) is 12.8 Å². The molecule has 2 N–H and O–H groups in total. The highest BCUT2D eigenvalue weighted by atomic mass is 16.2. The zero-order valence-corrected chi connectivity index (χ0v) is 15.2. The van der Waals surface area contributed by atoms with Crippen LogP contribution in [0.15, 0.2) is 30.5 Å². The van der Waals surface area contributed by atoms with E-state index >= 15 is 0 Å². The molecule has 1 aromatic carbocycles. The lowest BCUT2D eigenvalue weighted by atomic mass is 10.1. The van der Waals surface area contributed by atoms with Gasteiger partial charge in [-0.25, -0.2) is 4.98 Å². The molecule has 4 rings (SSSR count). The summed E-state index contributed by atoms with van der Waals surface area (Å²) in [5.41, 5.74) is 9.47. The topological polar surface area (TPSA) is 82.0 Å². The lowest BCUT2D eigenvalue weighted by Crippen LogP contribution is -2.45. The number of likely N-dealkylation sites (tertiary alicyclic amines) is 1. The van der Waals surface area contributed by atoms with E-state index in [1.165, 1.54) is 0 Å². The number of piperidine rings is 1. The maximum atomic E-state index is 12.8. The molecular formula is C19H24N6O. The van der Waals surface area contributed by atoms with E-state index in [0.29, 0.717) is 12.1 Å². The SMILES string of the molecule is CCn1nccc1-c1nc2cc(C(=O)N3CCC[C@@H](N)C3)ccc2n1C.